The molecule has 2 atom stereocenters. The Bertz CT molecular complexity index is 870. The number of nitrogens with one attached hydrogen (secondary N) is 1. The maximum absolute atomic E-state index is 12.2. The number of carbonyl (C=O) groups is 1. The smallest absolute Gasteiger partial charge is 0.270 e. The van der Waals surface area contributed by atoms with Gasteiger partial charge in [0.15, 0.2) is 0 Å². The SMILES string of the molecule is CS(=O)(=O)c1nccc(C(=O)N[C@@H]2C[C@H]2c2cccc(Cl)c2)n1. The Kier molecular flexibility index (Phi) is 4.08. The van der Waals surface area contributed by atoms with Gasteiger partial charge in [-0.25, -0.2) is 18.4 Å². The van der Waals surface area contributed by atoms with Crippen LogP contribution in [-0.2, 0) is 9.84 Å². The summed E-state index contributed by atoms with van der Waals surface area (Å²) in [5.74, 6) is -0.194. The summed E-state index contributed by atoms with van der Waals surface area (Å²) < 4.78 is 22.9. The molecular weight excluding hydrogens is 338 g/mol. The molecule has 1 aliphatic rings. The Hall–Kier alpha value is -1.99. The van der Waals surface area contributed by atoms with Gasteiger partial charge in [-0.1, -0.05) is 23.7 Å². The molecule has 0 bridgehead atoms. The molecule has 1 fully saturated rings. The first-order valence-corrected chi connectivity index (χ1v) is 9.21. The molecule has 1 saturated carbocycles. The number of hydrogen-bond donors (Lipinski definition) is 1. The number of amides is 1. The van der Waals surface area contributed by atoms with E-state index in [9.17, 15) is 13.2 Å². The van der Waals surface area contributed by atoms with Crippen LogP contribution in [0.15, 0.2) is 41.7 Å². The highest BCUT2D eigenvalue weighted by Crippen LogP contribution is 2.41. The van der Waals surface area contributed by atoms with E-state index in [1.54, 1.807) is 6.07 Å². The van der Waals surface area contributed by atoms with Crippen LogP contribution in [0.2, 0.25) is 5.02 Å². The van der Waals surface area contributed by atoms with Crippen molar-refractivity contribution < 1.29 is 13.2 Å². The summed E-state index contributed by atoms with van der Waals surface area (Å²) in [6, 6.07) is 8.91. The van der Waals surface area contributed by atoms with Gasteiger partial charge in [-0.2, -0.15) is 0 Å². The van der Waals surface area contributed by atoms with Crippen molar-refractivity contribution in [1.82, 2.24) is 15.3 Å². The number of aromatic nitrogens is 2. The van der Waals surface area contributed by atoms with E-state index in [1.165, 1.54) is 12.3 Å². The van der Waals surface area contributed by atoms with E-state index in [-0.39, 0.29) is 22.8 Å². The Labute approximate surface area is 138 Å². The lowest BCUT2D eigenvalue weighted by Gasteiger charge is -2.05. The van der Waals surface area contributed by atoms with E-state index in [0.717, 1.165) is 18.2 Å². The summed E-state index contributed by atoms with van der Waals surface area (Å²) in [6.45, 7) is 0. The van der Waals surface area contributed by atoms with Crippen LogP contribution in [0.5, 0.6) is 0 Å². The molecule has 1 amide bonds. The van der Waals surface area contributed by atoms with Crippen molar-refractivity contribution in [3.05, 3.63) is 52.8 Å². The molecule has 1 aromatic heterocycles. The minimum atomic E-state index is -3.55. The predicted molar refractivity (Wildman–Crippen MR) is 85.2 cm³/mol. The second kappa shape index (κ2) is 5.90. The summed E-state index contributed by atoms with van der Waals surface area (Å²) in [5.41, 5.74) is 1.11. The van der Waals surface area contributed by atoms with E-state index in [1.807, 2.05) is 18.2 Å². The number of hydrogen-bond acceptors (Lipinski definition) is 5. The summed E-state index contributed by atoms with van der Waals surface area (Å²) in [6.07, 6.45) is 3.08. The zero-order valence-corrected chi connectivity index (χ0v) is 13.8. The molecule has 8 heteroatoms. The topological polar surface area (TPSA) is 89.0 Å². The predicted octanol–water partition coefficient (Wildman–Crippen LogP) is 1.82. The second-order valence-corrected chi connectivity index (χ2v) is 7.82. The molecular formula is C15H14ClN3O3S. The Morgan fingerprint density at radius 2 is 2.13 bits per heavy atom. The molecule has 0 saturated heterocycles. The van der Waals surface area contributed by atoms with Crippen molar-refractivity contribution in [3.8, 4) is 0 Å². The van der Waals surface area contributed by atoms with Gasteiger partial charge in [0, 0.05) is 29.4 Å². The van der Waals surface area contributed by atoms with Gasteiger partial charge >= 0.3 is 0 Å². The van der Waals surface area contributed by atoms with Crippen LogP contribution in [-0.4, -0.2) is 36.6 Å². The summed E-state index contributed by atoms with van der Waals surface area (Å²) in [4.78, 5) is 19.7. The lowest BCUT2D eigenvalue weighted by molar-refractivity contribution is 0.0944. The third kappa shape index (κ3) is 3.68. The van der Waals surface area contributed by atoms with Crippen LogP contribution >= 0.6 is 11.6 Å². The third-order valence-electron chi connectivity index (χ3n) is 3.58. The van der Waals surface area contributed by atoms with E-state index in [0.29, 0.717) is 5.02 Å². The number of nitrogens with zero attached hydrogens (tertiary/aromatic N) is 2. The fourth-order valence-electron chi connectivity index (χ4n) is 2.35. The highest BCUT2D eigenvalue weighted by molar-refractivity contribution is 7.90. The van der Waals surface area contributed by atoms with E-state index in [4.69, 9.17) is 11.6 Å². The highest BCUT2D eigenvalue weighted by atomic mass is 35.5. The molecule has 0 spiro atoms. The van der Waals surface area contributed by atoms with Crippen molar-refractivity contribution in [3.63, 3.8) is 0 Å². The number of carbonyl (C=O) groups excluding carboxylic acids is 1. The van der Waals surface area contributed by atoms with E-state index >= 15 is 0 Å². The molecule has 3 rings (SSSR count). The van der Waals surface area contributed by atoms with Gasteiger partial charge in [0.1, 0.15) is 5.69 Å². The van der Waals surface area contributed by atoms with Crippen LogP contribution in [0.25, 0.3) is 0 Å². The molecule has 0 radical (unpaired) electrons. The van der Waals surface area contributed by atoms with E-state index in [2.05, 4.69) is 15.3 Å². The lowest BCUT2D eigenvalue weighted by Crippen LogP contribution is -2.28. The molecule has 23 heavy (non-hydrogen) atoms. The zero-order valence-electron chi connectivity index (χ0n) is 12.2. The van der Waals surface area contributed by atoms with Crippen molar-refractivity contribution in [1.29, 1.82) is 0 Å². The minimum Gasteiger partial charge on any atom is -0.347 e. The molecule has 6 nitrogen and oxygen atoms in total. The maximum Gasteiger partial charge on any atom is 0.270 e. The van der Waals surface area contributed by atoms with Crippen LogP contribution in [0, 0.1) is 0 Å². The Balaban J connectivity index is 1.69. The van der Waals surface area contributed by atoms with E-state index < -0.39 is 15.7 Å². The fourth-order valence-corrected chi connectivity index (χ4v) is 3.06. The second-order valence-electron chi connectivity index (χ2n) is 5.47. The number of benzene rings is 1. The molecule has 1 aliphatic carbocycles. The first kappa shape index (κ1) is 15.9. The molecule has 2 aromatic rings. The first-order valence-electron chi connectivity index (χ1n) is 6.94. The Morgan fingerprint density at radius 1 is 1.35 bits per heavy atom. The summed E-state index contributed by atoms with van der Waals surface area (Å²) in [7, 11) is -3.55. The molecule has 1 N–H and O–H groups in total. The zero-order chi connectivity index (χ0) is 16.6. The lowest BCUT2D eigenvalue weighted by atomic mass is 10.1. The molecule has 120 valence electrons. The molecule has 0 unspecified atom stereocenters. The maximum atomic E-state index is 12.2. The summed E-state index contributed by atoms with van der Waals surface area (Å²) >= 11 is 5.96. The average molecular weight is 352 g/mol. The van der Waals surface area contributed by atoms with Gasteiger partial charge in [0.2, 0.25) is 15.0 Å². The van der Waals surface area contributed by atoms with Gasteiger partial charge in [0.25, 0.3) is 5.91 Å². The van der Waals surface area contributed by atoms with Crippen molar-refractivity contribution in [2.24, 2.45) is 0 Å². The normalized spacial score (nSPS) is 20.1. The molecule has 1 aromatic carbocycles. The summed E-state index contributed by atoms with van der Waals surface area (Å²) in [5, 5.41) is 3.16. The third-order valence-corrected chi connectivity index (χ3v) is 4.68. The monoisotopic (exact) mass is 351 g/mol. The molecule has 0 aliphatic heterocycles. The van der Waals surface area contributed by atoms with Crippen molar-refractivity contribution in [2.75, 3.05) is 6.26 Å². The largest absolute Gasteiger partial charge is 0.347 e. The van der Waals surface area contributed by atoms with Crippen LogP contribution < -0.4 is 5.32 Å². The average Bonchev–Trinajstić information content (AvgIpc) is 3.26. The number of rotatable bonds is 4. The van der Waals surface area contributed by atoms with Gasteiger partial charge in [-0.15, -0.1) is 0 Å². The highest BCUT2D eigenvalue weighted by Gasteiger charge is 2.39. The quantitative estimate of drug-likeness (QED) is 0.849. The Morgan fingerprint density at radius 3 is 2.83 bits per heavy atom. The first-order chi connectivity index (χ1) is 10.8. The van der Waals surface area contributed by atoms with Crippen LogP contribution in [0.3, 0.4) is 0 Å². The van der Waals surface area contributed by atoms with Crippen molar-refractivity contribution in [2.45, 2.75) is 23.5 Å². The number of halogens is 1. The van der Waals surface area contributed by atoms with Gasteiger partial charge in [-0.05, 0) is 30.2 Å². The fraction of sp³-hybridized carbons (Fsp3) is 0.267. The van der Waals surface area contributed by atoms with Crippen LogP contribution in [0.1, 0.15) is 28.4 Å². The van der Waals surface area contributed by atoms with Crippen LogP contribution in [0.4, 0.5) is 0 Å². The molecule has 1 heterocycles. The number of sulfone groups is 1. The van der Waals surface area contributed by atoms with Gasteiger partial charge in [-0.3, -0.25) is 4.79 Å². The minimum absolute atomic E-state index is 0.00221. The van der Waals surface area contributed by atoms with Gasteiger partial charge < -0.3 is 5.32 Å². The standard InChI is InChI=1S/C15H14ClN3O3S/c1-23(21,22)15-17-6-5-12(19-15)14(20)18-13-8-11(13)9-3-2-4-10(16)7-9/h2-7,11,13H,8H2,1H3,(H,18,20)/t11-,13+/m0/s1. The van der Waals surface area contributed by atoms with Gasteiger partial charge in [0.05, 0.1) is 0 Å². The van der Waals surface area contributed by atoms with Crippen molar-refractivity contribution >= 4 is 27.3 Å².